The van der Waals surface area contributed by atoms with E-state index in [2.05, 4.69) is 24.1 Å². The molecule has 0 amide bonds. The fourth-order valence-corrected chi connectivity index (χ4v) is 2.67. The Bertz CT molecular complexity index is 292. The average Bonchev–Trinajstić information content (AvgIpc) is 2.33. The topological polar surface area (TPSA) is 41.6 Å². The molecule has 0 bridgehead atoms. The maximum Gasteiger partial charge on any atom is 0.325 e. The van der Waals surface area contributed by atoms with E-state index in [0.29, 0.717) is 5.41 Å². The van der Waals surface area contributed by atoms with Crippen LogP contribution in [0.25, 0.3) is 0 Å². The van der Waals surface area contributed by atoms with Crippen molar-refractivity contribution in [2.24, 2.45) is 5.41 Å². The number of ether oxygens (including phenoxy) is 1. The number of nitrogens with one attached hydrogen (secondary N) is 1. The molecule has 4 heteroatoms. The molecule has 1 fully saturated rings. The van der Waals surface area contributed by atoms with E-state index in [0.717, 1.165) is 26.1 Å². The minimum absolute atomic E-state index is 0.179. The highest BCUT2D eigenvalue weighted by molar-refractivity contribution is 5.80. The van der Waals surface area contributed by atoms with Gasteiger partial charge in [-0.2, -0.15) is 0 Å². The number of hydrogen-bond donors (Lipinski definition) is 1. The summed E-state index contributed by atoms with van der Waals surface area (Å²) >= 11 is 0. The van der Waals surface area contributed by atoms with Crippen LogP contribution in [0, 0.1) is 5.41 Å². The molecule has 1 atom stereocenters. The van der Waals surface area contributed by atoms with Gasteiger partial charge < -0.3 is 15.0 Å². The van der Waals surface area contributed by atoms with Crippen LogP contribution in [-0.4, -0.2) is 50.2 Å². The number of piperidine rings is 1. The van der Waals surface area contributed by atoms with E-state index in [1.807, 2.05) is 14.0 Å². The maximum atomic E-state index is 11.8. The first-order valence-electron chi connectivity index (χ1n) is 6.83. The molecule has 0 aromatic carbocycles. The van der Waals surface area contributed by atoms with Crippen molar-refractivity contribution >= 4 is 5.97 Å². The zero-order valence-corrected chi connectivity index (χ0v) is 12.5. The fourth-order valence-electron chi connectivity index (χ4n) is 2.67. The summed E-state index contributed by atoms with van der Waals surface area (Å²) in [6.45, 7) is 9.75. The Morgan fingerprint density at radius 2 is 2.17 bits per heavy atom. The van der Waals surface area contributed by atoms with Crippen molar-refractivity contribution in [3.63, 3.8) is 0 Å². The third-order valence-electron chi connectivity index (χ3n) is 4.10. The van der Waals surface area contributed by atoms with Crippen LogP contribution in [0.15, 0.2) is 0 Å². The lowest BCUT2D eigenvalue weighted by Crippen LogP contribution is -2.51. The van der Waals surface area contributed by atoms with Crippen LogP contribution in [-0.2, 0) is 9.53 Å². The molecule has 1 aliphatic rings. The lowest BCUT2D eigenvalue weighted by Gasteiger charge is -2.39. The summed E-state index contributed by atoms with van der Waals surface area (Å²) in [6, 6.07) is 0. The number of carbonyl (C=O) groups excluding carboxylic acids is 1. The highest BCUT2D eigenvalue weighted by Crippen LogP contribution is 2.28. The van der Waals surface area contributed by atoms with Gasteiger partial charge in [-0.15, -0.1) is 0 Å². The molecule has 1 N–H and O–H groups in total. The van der Waals surface area contributed by atoms with Gasteiger partial charge in [0, 0.05) is 13.1 Å². The van der Waals surface area contributed by atoms with Crippen molar-refractivity contribution in [3.05, 3.63) is 0 Å². The number of esters is 1. The van der Waals surface area contributed by atoms with Crippen molar-refractivity contribution in [3.8, 4) is 0 Å². The Morgan fingerprint density at radius 3 is 2.67 bits per heavy atom. The van der Waals surface area contributed by atoms with Gasteiger partial charge in [-0.05, 0) is 45.2 Å². The van der Waals surface area contributed by atoms with Gasteiger partial charge in [-0.25, -0.2) is 0 Å². The second-order valence-corrected chi connectivity index (χ2v) is 6.37. The second-order valence-electron chi connectivity index (χ2n) is 6.37. The minimum Gasteiger partial charge on any atom is -0.468 e. The van der Waals surface area contributed by atoms with E-state index < -0.39 is 5.54 Å². The zero-order chi connectivity index (χ0) is 13.8. The summed E-state index contributed by atoms with van der Waals surface area (Å²) in [7, 11) is 3.26. The SMILES string of the molecule is CNC(C)(CCN1CCCC(C)(C)C1)C(=O)OC. The maximum absolute atomic E-state index is 11.8. The molecule has 1 saturated heterocycles. The second kappa shape index (κ2) is 6.02. The highest BCUT2D eigenvalue weighted by Gasteiger charge is 2.34. The summed E-state index contributed by atoms with van der Waals surface area (Å²) in [4.78, 5) is 14.2. The monoisotopic (exact) mass is 256 g/mol. The van der Waals surface area contributed by atoms with E-state index in [-0.39, 0.29) is 5.97 Å². The molecular weight excluding hydrogens is 228 g/mol. The molecule has 0 aromatic rings. The quantitative estimate of drug-likeness (QED) is 0.760. The number of nitrogens with zero attached hydrogens (tertiary/aromatic N) is 1. The van der Waals surface area contributed by atoms with Gasteiger partial charge >= 0.3 is 5.97 Å². The van der Waals surface area contributed by atoms with E-state index in [4.69, 9.17) is 4.74 Å². The van der Waals surface area contributed by atoms with E-state index in [1.165, 1.54) is 20.0 Å². The Labute approximate surface area is 111 Å². The lowest BCUT2D eigenvalue weighted by atomic mass is 9.84. The van der Waals surface area contributed by atoms with Crippen LogP contribution in [0.1, 0.15) is 40.0 Å². The molecule has 0 spiro atoms. The summed E-state index contributed by atoms with van der Waals surface area (Å²) in [5.74, 6) is -0.179. The Morgan fingerprint density at radius 1 is 1.50 bits per heavy atom. The van der Waals surface area contributed by atoms with Crippen LogP contribution in [0.5, 0.6) is 0 Å². The van der Waals surface area contributed by atoms with Crippen molar-refractivity contribution in [2.75, 3.05) is 33.8 Å². The number of likely N-dealkylation sites (N-methyl/N-ethyl adjacent to an activating group) is 1. The first-order chi connectivity index (χ1) is 8.33. The van der Waals surface area contributed by atoms with E-state index in [9.17, 15) is 4.79 Å². The molecule has 1 aliphatic heterocycles. The largest absolute Gasteiger partial charge is 0.468 e. The molecule has 1 rings (SSSR count). The predicted molar refractivity (Wildman–Crippen MR) is 73.6 cm³/mol. The Kier molecular flexibility index (Phi) is 5.17. The van der Waals surface area contributed by atoms with Gasteiger partial charge in [0.25, 0.3) is 0 Å². The number of methoxy groups -OCH3 is 1. The van der Waals surface area contributed by atoms with E-state index in [1.54, 1.807) is 0 Å². The first-order valence-corrected chi connectivity index (χ1v) is 6.83. The standard InChI is InChI=1S/C14H28N2O2/c1-13(2)7-6-9-16(11-13)10-8-14(3,15-4)12(17)18-5/h15H,6-11H2,1-5H3. The van der Waals surface area contributed by atoms with Crippen LogP contribution in [0.3, 0.4) is 0 Å². The molecule has 18 heavy (non-hydrogen) atoms. The molecule has 0 saturated carbocycles. The number of hydrogen-bond acceptors (Lipinski definition) is 4. The van der Waals surface area contributed by atoms with Crippen LogP contribution < -0.4 is 5.32 Å². The third kappa shape index (κ3) is 3.95. The molecule has 0 aliphatic carbocycles. The number of rotatable bonds is 5. The summed E-state index contributed by atoms with van der Waals surface area (Å²) in [6.07, 6.45) is 3.33. The average molecular weight is 256 g/mol. The minimum atomic E-state index is -0.573. The molecule has 4 nitrogen and oxygen atoms in total. The van der Waals surface area contributed by atoms with Gasteiger partial charge in [0.2, 0.25) is 0 Å². The Balaban J connectivity index is 2.50. The van der Waals surface area contributed by atoms with Crippen LogP contribution in [0.2, 0.25) is 0 Å². The van der Waals surface area contributed by atoms with Crippen LogP contribution in [0.4, 0.5) is 0 Å². The highest BCUT2D eigenvalue weighted by atomic mass is 16.5. The van der Waals surface area contributed by atoms with Crippen molar-refractivity contribution in [1.29, 1.82) is 0 Å². The Hall–Kier alpha value is -0.610. The van der Waals surface area contributed by atoms with Gasteiger partial charge in [0.1, 0.15) is 5.54 Å². The fraction of sp³-hybridized carbons (Fsp3) is 0.929. The van der Waals surface area contributed by atoms with Gasteiger partial charge in [0.15, 0.2) is 0 Å². The summed E-state index contributed by atoms with van der Waals surface area (Å²) in [5.41, 5.74) is -0.171. The van der Waals surface area contributed by atoms with Gasteiger partial charge in [-0.1, -0.05) is 13.8 Å². The van der Waals surface area contributed by atoms with Crippen molar-refractivity contribution < 1.29 is 9.53 Å². The van der Waals surface area contributed by atoms with E-state index >= 15 is 0 Å². The van der Waals surface area contributed by atoms with Crippen molar-refractivity contribution in [1.82, 2.24) is 10.2 Å². The molecule has 0 aromatic heterocycles. The molecule has 106 valence electrons. The predicted octanol–water partition coefficient (Wildman–Crippen LogP) is 1.65. The van der Waals surface area contributed by atoms with Crippen LogP contribution >= 0.6 is 0 Å². The third-order valence-corrected chi connectivity index (χ3v) is 4.10. The zero-order valence-electron chi connectivity index (χ0n) is 12.5. The first kappa shape index (κ1) is 15.4. The summed E-state index contributed by atoms with van der Waals surface area (Å²) < 4.78 is 4.87. The molecule has 1 unspecified atom stereocenters. The number of carbonyl (C=O) groups is 1. The molecule has 1 heterocycles. The van der Waals surface area contributed by atoms with Gasteiger partial charge in [0.05, 0.1) is 7.11 Å². The van der Waals surface area contributed by atoms with Crippen molar-refractivity contribution in [2.45, 2.75) is 45.6 Å². The summed E-state index contributed by atoms with van der Waals surface area (Å²) in [5, 5.41) is 3.09. The normalized spacial score (nSPS) is 23.4. The lowest BCUT2D eigenvalue weighted by molar-refractivity contribution is -0.148. The molecular formula is C14H28N2O2. The molecule has 0 radical (unpaired) electrons. The smallest absolute Gasteiger partial charge is 0.325 e. The van der Waals surface area contributed by atoms with Gasteiger partial charge in [-0.3, -0.25) is 4.79 Å². The number of likely N-dealkylation sites (tertiary alicyclic amines) is 1.